The number of halogens is 1. The van der Waals surface area contributed by atoms with Crippen molar-refractivity contribution >= 4 is 12.4 Å². The molecule has 0 saturated carbocycles. The maximum absolute atomic E-state index is 4.33. The average Bonchev–Trinajstić information content (AvgIpc) is 1.41. The van der Waals surface area contributed by atoms with Crippen molar-refractivity contribution in [1.29, 1.82) is 0 Å². The van der Waals surface area contributed by atoms with Crippen LogP contribution in [0.5, 0.6) is 0 Å². The van der Waals surface area contributed by atoms with Crippen molar-refractivity contribution in [2.45, 2.75) is 0 Å². The number of nitrogens with one attached hydrogen (secondary N) is 2. The van der Waals surface area contributed by atoms with E-state index in [0.29, 0.717) is 0 Å². The second-order valence-corrected chi connectivity index (χ2v) is 0.510. The molecule has 0 rings (SSSR count). The Balaban J connectivity index is 0. The summed E-state index contributed by atoms with van der Waals surface area (Å²) in [5, 5.41) is 0. The summed E-state index contributed by atoms with van der Waals surface area (Å²) in [7, 11) is 3.35. The van der Waals surface area contributed by atoms with Gasteiger partial charge in [0.2, 0.25) is 0 Å². The molecule has 6 heavy (non-hydrogen) atoms. The number of rotatable bonds is 2. The van der Waals surface area contributed by atoms with E-state index in [1.165, 1.54) is 0 Å². The van der Waals surface area contributed by atoms with Crippen molar-refractivity contribution in [2.75, 3.05) is 14.1 Å². The summed E-state index contributed by atoms with van der Waals surface area (Å²) in [6.07, 6.45) is 0. The van der Waals surface area contributed by atoms with Crippen LogP contribution in [-0.4, -0.2) is 14.1 Å². The molecule has 0 saturated heterocycles. The fourth-order valence-electron chi connectivity index (χ4n) is 0.102. The van der Waals surface area contributed by atoms with Crippen LogP contribution in [0.4, 0.5) is 0 Å². The van der Waals surface area contributed by atoms with Crippen LogP contribution in [-0.2, 0) is 4.94 Å². The molecule has 0 aromatic carbocycles. The SMILES string of the molecule is CNONC.Cl. The molecule has 0 aromatic rings. The van der Waals surface area contributed by atoms with Crippen LogP contribution in [0, 0.1) is 0 Å². The van der Waals surface area contributed by atoms with Crippen LogP contribution in [0.25, 0.3) is 0 Å². The molecule has 0 aliphatic rings. The minimum absolute atomic E-state index is 0. The van der Waals surface area contributed by atoms with Gasteiger partial charge in [-0.25, -0.2) is 4.94 Å². The summed E-state index contributed by atoms with van der Waals surface area (Å²) in [5.41, 5.74) is 4.81. The van der Waals surface area contributed by atoms with Crippen molar-refractivity contribution in [3.8, 4) is 0 Å². The van der Waals surface area contributed by atoms with Crippen LogP contribution >= 0.6 is 12.4 Å². The highest BCUT2D eigenvalue weighted by atomic mass is 35.5. The first-order valence-electron chi connectivity index (χ1n) is 1.41. The lowest BCUT2D eigenvalue weighted by Crippen LogP contribution is -2.17. The van der Waals surface area contributed by atoms with Gasteiger partial charge in [-0.15, -0.1) is 12.4 Å². The van der Waals surface area contributed by atoms with E-state index < -0.39 is 0 Å². The maximum Gasteiger partial charge on any atom is 0.0114 e. The molecule has 0 aliphatic heterocycles. The largest absolute Gasteiger partial charge is 0.215 e. The molecule has 0 bridgehead atoms. The monoisotopic (exact) mass is 112 g/mol. The summed E-state index contributed by atoms with van der Waals surface area (Å²) >= 11 is 0. The Morgan fingerprint density at radius 1 is 1.17 bits per heavy atom. The van der Waals surface area contributed by atoms with Gasteiger partial charge in [-0.2, -0.15) is 11.0 Å². The molecule has 0 spiro atoms. The first kappa shape index (κ1) is 9.48. The van der Waals surface area contributed by atoms with E-state index in [4.69, 9.17) is 0 Å². The molecule has 4 heteroatoms. The van der Waals surface area contributed by atoms with Crippen molar-refractivity contribution in [3.63, 3.8) is 0 Å². The Morgan fingerprint density at radius 2 is 1.50 bits per heavy atom. The van der Waals surface area contributed by atoms with Crippen LogP contribution in [0.3, 0.4) is 0 Å². The second-order valence-electron chi connectivity index (χ2n) is 0.510. The normalized spacial score (nSPS) is 7.00. The van der Waals surface area contributed by atoms with Gasteiger partial charge in [0.05, 0.1) is 0 Å². The van der Waals surface area contributed by atoms with Crippen molar-refractivity contribution in [2.24, 2.45) is 0 Å². The Labute approximate surface area is 43.4 Å². The van der Waals surface area contributed by atoms with Crippen molar-refractivity contribution in [1.82, 2.24) is 11.0 Å². The summed E-state index contributed by atoms with van der Waals surface area (Å²) in [6, 6.07) is 0. The molecule has 2 N–H and O–H groups in total. The van der Waals surface area contributed by atoms with Gasteiger partial charge in [0.1, 0.15) is 0 Å². The van der Waals surface area contributed by atoms with Crippen LogP contribution in [0.1, 0.15) is 0 Å². The summed E-state index contributed by atoms with van der Waals surface area (Å²) < 4.78 is 0. The van der Waals surface area contributed by atoms with Crippen LogP contribution in [0.15, 0.2) is 0 Å². The summed E-state index contributed by atoms with van der Waals surface area (Å²) in [4.78, 5) is 4.33. The van der Waals surface area contributed by atoms with Gasteiger partial charge in [0.15, 0.2) is 0 Å². The smallest absolute Gasteiger partial charge is 0.0114 e. The zero-order valence-electron chi connectivity index (χ0n) is 3.82. The van der Waals surface area contributed by atoms with E-state index in [-0.39, 0.29) is 12.4 Å². The topological polar surface area (TPSA) is 33.3 Å². The highest BCUT2D eigenvalue weighted by Crippen LogP contribution is 1.35. The third-order valence-electron chi connectivity index (χ3n) is 0.204. The van der Waals surface area contributed by atoms with Gasteiger partial charge in [0.25, 0.3) is 0 Å². The zero-order valence-corrected chi connectivity index (χ0v) is 4.63. The first-order valence-corrected chi connectivity index (χ1v) is 1.41. The molecule has 0 aromatic heterocycles. The van der Waals surface area contributed by atoms with Crippen molar-refractivity contribution in [3.05, 3.63) is 0 Å². The first-order chi connectivity index (χ1) is 2.41. The Morgan fingerprint density at radius 3 is 1.50 bits per heavy atom. The quantitative estimate of drug-likeness (QED) is 0.481. The van der Waals surface area contributed by atoms with Gasteiger partial charge in [-0.1, -0.05) is 0 Å². The highest BCUT2D eigenvalue weighted by Gasteiger charge is 1.58. The molecule has 40 valence electrons. The molecule has 3 nitrogen and oxygen atoms in total. The van der Waals surface area contributed by atoms with E-state index in [1.54, 1.807) is 14.1 Å². The minimum atomic E-state index is 0. The van der Waals surface area contributed by atoms with Gasteiger partial charge < -0.3 is 0 Å². The lowest BCUT2D eigenvalue weighted by Gasteiger charge is -1.90. The molecule has 0 fully saturated rings. The third-order valence-corrected chi connectivity index (χ3v) is 0.204. The maximum atomic E-state index is 4.33. The van der Waals surface area contributed by atoms with Gasteiger partial charge in [-0.3, -0.25) is 0 Å². The van der Waals surface area contributed by atoms with E-state index >= 15 is 0 Å². The average molecular weight is 113 g/mol. The predicted molar refractivity (Wildman–Crippen MR) is 26.5 cm³/mol. The van der Waals surface area contributed by atoms with Crippen molar-refractivity contribution < 1.29 is 4.94 Å². The molecular weight excluding hydrogens is 103 g/mol. The van der Waals surface area contributed by atoms with E-state index in [9.17, 15) is 0 Å². The minimum Gasteiger partial charge on any atom is -0.215 e. The highest BCUT2D eigenvalue weighted by molar-refractivity contribution is 5.85. The lowest BCUT2D eigenvalue weighted by molar-refractivity contribution is -0.0113. The molecule has 0 aliphatic carbocycles. The molecule has 0 amide bonds. The summed E-state index contributed by atoms with van der Waals surface area (Å²) in [6.45, 7) is 0. The van der Waals surface area contributed by atoms with E-state index in [2.05, 4.69) is 15.9 Å². The molecular formula is C2H9ClN2O. The number of hydrogen-bond donors (Lipinski definition) is 2. The summed E-state index contributed by atoms with van der Waals surface area (Å²) in [5.74, 6) is 0. The predicted octanol–water partition coefficient (Wildman–Crippen LogP) is -0.306. The Kier molecular flexibility index (Phi) is 14.1. The molecule has 0 atom stereocenters. The zero-order chi connectivity index (χ0) is 4.12. The lowest BCUT2D eigenvalue weighted by atomic mass is 11.5. The number of hydroxylamine groups is 2. The van der Waals surface area contributed by atoms with E-state index in [1.807, 2.05) is 0 Å². The van der Waals surface area contributed by atoms with Crippen LogP contribution < -0.4 is 11.0 Å². The third kappa shape index (κ3) is 8.90. The van der Waals surface area contributed by atoms with Gasteiger partial charge in [-0.05, 0) is 0 Å². The van der Waals surface area contributed by atoms with Gasteiger partial charge >= 0.3 is 0 Å². The van der Waals surface area contributed by atoms with Crippen LogP contribution in [0.2, 0.25) is 0 Å². The molecule has 0 radical (unpaired) electrons. The Bertz CT molecular complexity index is 19.0. The fourth-order valence-corrected chi connectivity index (χ4v) is 0.102. The Hall–Kier alpha value is 0.170. The standard InChI is InChI=1S/C2H8N2O.ClH/c1-3-5-4-2;/h3-4H,1-2H3;1H. The number of hydrogen-bond acceptors (Lipinski definition) is 3. The van der Waals surface area contributed by atoms with Gasteiger partial charge in [0, 0.05) is 14.1 Å². The molecule has 0 unspecified atom stereocenters. The molecule has 0 heterocycles. The fraction of sp³-hybridized carbons (Fsp3) is 1.00. The second kappa shape index (κ2) is 8.95. The van der Waals surface area contributed by atoms with E-state index in [0.717, 1.165) is 0 Å².